The first kappa shape index (κ1) is 21.4. The number of nitrogens with one attached hydrogen (secondary N) is 1. The van der Waals surface area contributed by atoms with Crippen molar-refractivity contribution in [2.45, 2.75) is 51.9 Å². The normalized spacial score (nSPS) is 20.3. The van der Waals surface area contributed by atoms with E-state index in [1.165, 1.54) is 5.56 Å². The Morgan fingerprint density at radius 1 is 1.10 bits per heavy atom. The zero-order valence-corrected chi connectivity index (χ0v) is 18.0. The van der Waals surface area contributed by atoms with Gasteiger partial charge in [-0.3, -0.25) is 0 Å². The largest absolute Gasteiger partial charge is 0.485 e. The highest BCUT2D eigenvalue weighted by Gasteiger charge is 2.45. The van der Waals surface area contributed by atoms with Gasteiger partial charge in [0, 0.05) is 17.8 Å². The molecule has 0 bridgehead atoms. The minimum Gasteiger partial charge on any atom is -0.485 e. The van der Waals surface area contributed by atoms with Crippen molar-refractivity contribution >= 4 is 5.69 Å². The lowest BCUT2D eigenvalue weighted by Crippen LogP contribution is -2.51. The average molecular weight is 396 g/mol. The van der Waals surface area contributed by atoms with Crippen LogP contribution in [0, 0.1) is 0 Å². The summed E-state index contributed by atoms with van der Waals surface area (Å²) in [4.78, 5) is 0. The predicted octanol–water partition coefficient (Wildman–Crippen LogP) is 5.55. The highest BCUT2D eigenvalue weighted by atomic mass is 16.6. The summed E-state index contributed by atoms with van der Waals surface area (Å²) in [6.45, 7) is 10.3. The number of fused-ring (bicyclic) bond motifs is 1. The molecule has 0 aromatic heterocycles. The van der Waals surface area contributed by atoms with E-state index in [0.717, 1.165) is 30.0 Å². The van der Waals surface area contributed by atoms with Crippen molar-refractivity contribution in [1.29, 1.82) is 0 Å². The molecule has 1 N–H and O–H groups in total. The summed E-state index contributed by atoms with van der Waals surface area (Å²) >= 11 is 0. The zero-order chi connectivity index (χ0) is 20.7. The second-order valence-corrected chi connectivity index (χ2v) is 7.84. The van der Waals surface area contributed by atoms with Gasteiger partial charge in [-0.1, -0.05) is 42.5 Å². The summed E-state index contributed by atoms with van der Waals surface area (Å²) in [6, 6.07) is 16.7. The topological polar surface area (TPSA) is 39.7 Å². The Morgan fingerprint density at radius 3 is 2.62 bits per heavy atom. The molecular formula is C25H33NO3. The van der Waals surface area contributed by atoms with Crippen LogP contribution in [0.2, 0.25) is 0 Å². The Bertz CT molecular complexity index is 801. The predicted molar refractivity (Wildman–Crippen MR) is 119 cm³/mol. The number of anilines is 1. The molecule has 0 spiro atoms. The smallest absolute Gasteiger partial charge is 0.132 e. The lowest BCUT2D eigenvalue weighted by Gasteiger charge is -2.44. The summed E-state index contributed by atoms with van der Waals surface area (Å²) in [5.41, 5.74) is 2.89. The minimum absolute atomic E-state index is 0.193. The van der Waals surface area contributed by atoms with Crippen molar-refractivity contribution in [3.63, 3.8) is 0 Å². The van der Waals surface area contributed by atoms with Gasteiger partial charge in [0.15, 0.2) is 0 Å². The molecule has 0 fully saturated rings. The molecule has 156 valence electrons. The molecule has 4 heteroatoms. The molecule has 0 saturated heterocycles. The van der Waals surface area contributed by atoms with Crippen LogP contribution in [0.3, 0.4) is 0 Å². The maximum Gasteiger partial charge on any atom is 0.132 e. The lowest BCUT2D eigenvalue weighted by atomic mass is 9.87. The van der Waals surface area contributed by atoms with E-state index < -0.39 is 5.60 Å². The van der Waals surface area contributed by atoms with Gasteiger partial charge in [0.05, 0.1) is 13.2 Å². The van der Waals surface area contributed by atoms with Crippen molar-refractivity contribution < 1.29 is 14.2 Å². The second kappa shape index (κ2) is 9.95. The van der Waals surface area contributed by atoms with E-state index >= 15 is 0 Å². The SMILES string of the molecule is C/C=C/COC1C(OCCc2ccccc2)c2cc(NCC)ccc2OC1(C)C. The molecule has 2 atom stereocenters. The third kappa shape index (κ3) is 5.40. The van der Waals surface area contributed by atoms with Crippen molar-refractivity contribution in [2.24, 2.45) is 0 Å². The van der Waals surface area contributed by atoms with Crippen LogP contribution in [0.4, 0.5) is 5.69 Å². The van der Waals surface area contributed by atoms with Gasteiger partial charge < -0.3 is 19.5 Å². The quantitative estimate of drug-likeness (QED) is 0.565. The fraction of sp³-hybridized carbons (Fsp3) is 0.440. The molecule has 1 heterocycles. The first-order valence-electron chi connectivity index (χ1n) is 10.5. The molecule has 3 rings (SSSR count). The Labute approximate surface area is 174 Å². The van der Waals surface area contributed by atoms with Gasteiger partial charge in [-0.15, -0.1) is 0 Å². The third-order valence-corrected chi connectivity index (χ3v) is 5.17. The van der Waals surface area contributed by atoms with Gasteiger partial charge in [-0.2, -0.15) is 0 Å². The fourth-order valence-corrected chi connectivity index (χ4v) is 3.72. The monoisotopic (exact) mass is 395 g/mol. The highest BCUT2D eigenvalue weighted by Crippen LogP contribution is 2.44. The van der Waals surface area contributed by atoms with Crippen LogP contribution >= 0.6 is 0 Å². The van der Waals surface area contributed by atoms with E-state index in [9.17, 15) is 0 Å². The van der Waals surface area contributed by atoms with Gasteiger partial charge >= 0.3 is 0 Å². The number of hydrogen-bond acceptors (Lipinski definition) is 4. The van der Waals surface area contributed by atoms with Gasteiger partial charge in [0.2, 0.25) is 0 Å². The first-order chi connectivity index (χ1) is 14.0. The molecule has 1 aliphatic heterocycles. The number of allylic oxidation sites excluding steroid dienone is 1. The van der Waals surface area contributed by atoms with E-state index in [4.69, 9.17) is 14.2 Å². The van der Waals surface area contributed by atoms with E-state index in [1.54, 1.807) is 0 Å². The van der Waals surface area contributed by atoms with E-state index in [1.807, 2.05) is 31.2 Å². The van der Waals surface area contributed by atoms with Crippen molar-refractivity contribution in [3.8, 4) is 5.75 Å². The maximum absolute atomic E-state index is 6.47. The molecule has 0 saturated carbocycles. The van der Waals surface area contributed by atoms with Gasteiger partial charge in [-0.25, -0.2) is 0 Å². The standard InChI is InChI=1S/C25H33NO3/c1-5-7-16-28-24-23(27-17-15-19-11-9-8-10-12-19)21-18-20(26-6-2)13-14-22(21)29-25(24,3)4/h5,7-14,18,23-24,26H,6,15-17H2,1-4H3/b7-5+. The highest BCUT2D eigenvalue weighted by molar-refractivity contribution is 5.53. The lowest BCUT2D eigenvalue weighted by molar-refractivity contribution is -0.157. The van der Waals surface area contributed by atoms with Crippen LogP contribution in [0.5, 0.6) is 5.75 Å². The minimum atomic E-state index is -0.494. The molecule has 2 aromatic carbocycles. The van der Waals surface area contributed by atoms with Crippen LogP contribution in [0.25, 0.3) is 0 Å². The molecule has 0 radical (unpaired) electrons. The summed E-state index contributed by atoms with van der Waals surface area (Å²) < 4.78 is 19.1. The number of benzene rings is 2. The summed E-state index contributed by atoms with van der Waals surface area (Å²) in [6.07, 6.45) is 4.48. The molecule has 29 heavy (non-hydrogen) atoms. The van der Waals surface area contributed by atoms with Gasteiger partial charge in [0.25, 0.3) is 0 Å². The van der Waals surface area contributed by atoms with Crippen LogP contribution < -0.4 is 10.1 Å². The van der Waals surface area contributed by atoms with Crippen molar-refractivity contribution in [1.82, 2.24) is 0 Å². The van der Waals surface area contributed by atoms with E-state index in [0.29, 0.717) is 13.2 Å². The summed E-state index contributed by atoms with van der Waals surface area (Å²) in [5, 5.41) is 3.38. The molecule has 4 nitrogen and oxygen atoms in total. The van der Waals surface area contributed by atoms with Crippen LogP contribution in [0.1, 0.15) is 44.9 Å². The summed E-state index contributed by atoms with van der Waals surface area (Å²) in [7, 11) is 0. The van der Waals surface area contributed by atoms with Gasteiger partial charge in [0.1, 0.15) is 23.6 Å². The average Bonchev–Trinajstić information content (AvgIpc) is 2.71. The van der Waals surface area contributed by atoms with Crippen molar-refractivity contribution in [3.05, 3.63) is 71.8 Å². The van der Waals surface area contributed by atoms with Crippen LogP contribution in [-0.2, 0) is 15.9 Å². The second-order valence-electron chi connectivity index (χ2n) is 7.84. The Morgan fingerprint density at radius 2 is 1.90 bits per heavy atom. The van der Waals surface area contributed by atoms with E-state index in [2.05, 4.69) is 62.5 Å². The molecule has 1 aliphatic rings. The van der Waals surface area contributed by atoms with Crippen LogP contribution in [0.15, 0.2) is 60.7 Å². The molecule has 2 aromatic rings. The Balaban J connectivity index is 1.85. The molecular weight excluding hydrogens is 362 g/mol. The maximum atomic E-state index is 6.47. The van der Waals surface area contributed by atoms with Crippen molar-refractivity contribution in [2.75, 3.05) is 25.1 Å². The number of hydrogen-bond donors (Lipinski definition) is 1. The third-order valence-electron chi connectivity index (χ3n) is 5.17. The van der Waals surface area contributed by atoms with E-state index in [-0.39, 0.29) is 12.2 Å². The summed E-state index contributed by atoms with van der Waals surface area (Å²) in [5.74, 6) is 0.868. The van der Waals surface area contributed by atoms with Crippen LogP contribution in [-0.4, -0.2) is 31.5 Å². The Kier molecular flexibility index (Phi) is 7.34. The number of rotatable bonds is 9. The molecule has 2 unspecified atom stereocenters. The zero-order valence-electron chi connectivity index (χ0n) is 18.0. The van der Waals surface area contributed by atoms with Gasteiger partial charge in [-0.05, 0) is 57.9 Å². The molecule has 0 aliphatic carbocycles. The first-order valence-corrected chi connectivity index (χ1v) is 10.5. The number of ether oxygens (including phenoxy) is 3. The Hall–Kier alpha value is -2.30. The fourth-order valence-electron chi connectivity index (χ4n) is 3.72. The molecule has 0 amide bonds.